The van der Waals surface area contributed by atoms with Gasteiger partial charge in [0.15, 0.2) is 5.78 Å². The van der Waals surface area contributed by atoms with Crippen LogP contribution in [0.25, 0.3) is 0 Å². The molecule has 2 nitrogen and oxygen atoms in total. The van der Waals surface area contributed by atoms with Gasteiger partial charge in [0.05, 0.1) is 0 Å². The summed E-state index contributed by atoms with van der Waals surface area (Å²) in [7, 11) is 0. The molecule has 0 bridgehead atoms. The van der Waals surface area contributed by atoms with Crippen LogP contribution in [0.15, 0.2) is 23.9 Å². The molecule has 0 saturated carbocycles. The summed E-state index contributed by atoms with van der Waals surface area (Å²) in [6.07, 6.45) is 4.33. The van der Waals surface area contributed by atoms with Gasteiger partial charge in [-0.3, -0.25) is 4.79 Å². The van der Waals surface area contributed by atoms with Gasteiger partial charge in [-0.1, -0.05) is 0 Å². The van der Waals surface area contributed by atoms with Gasteiger partial charge in [0.1, 0.15) is 0 Å². The van der Waals surface area contributed by atoms with E-state index in [1.807, 2.05) is 11.3 Å². The fourth-order valence-corrected chi connectivity index (χ4v) is 2.99. The molecule has 1 aliphatic carbocycles. The molecule has 1 unspecified atom stereocenters. The molecule has 1 atom stereocenters. The van der Waals surface area contributed by atoms with E-state index in [0.29, 0.717) is 12.5 Å². The Bertz CT molecular complexity index is 419. The number of thiophene rings is 1. The van der Waals surface area contributed by atoms with Gasteiger partial charge in [0, 0.05) is 40.4 Å². The molecule has 0 amide bonds. The Balaban J connectivity index is 1.87. The molecule has 0 radical (unpaired) electrons. The molecular formula is C13H17NOS. The van der Waals surface area contributed by atoms with Crippen LogP contribution in [0.5, 0.6) is 0 Å². The standard InChI is InChI=1S/C13H17NOS/c1-9(7-13-6-3-10(2)16-13)14-11-4-5-12(15)8-11/h3,6,8-9,14H,4-5,7H2,1-2H3. The monoisotopic (exact) mass is 235 g/mol. The Morgan fingerprint density at radius 2 is 2.25 bits per heavy atom. The van der Waals surface area contributed by atoms with Crippen molar-refractivity contribution in [2.45, 2.75) is 39.2 Å². The molecule has 1 N–H and O–H groups in total. The minimum absolute atomic E-state index is 0.252. The SMILES string of the molecule is Cc1ccc(CC(C)NC2=CC(=O)CC2)s1. The summed E-state index contributed by atoms with van der Waals surface area (Å²) in [5.41, 5.74) is 1.10. The molecule has 3 heteroatoms. The van der Waals surface area contributed by atoms with E-state index in [9.17, 15) is 4.79 Å². The van der Waals surface area contributed by atoms with Gasteiger partial charge in [-0.25, -0.2) is 0 Å². The molecule has 0 aromatic carbocycles. The largest absolute Gasteiger partial charge is 0.385 e. The Hall–Kier alpha value is -1.09. The topological polar surface area (TPSA) is 29.1 Å². The van der Waals surface area contributed by atoms with Crippen LogP contribution in [0.2, 0.25) is 0 Å². The minimum Gasteiger partial charge on any atom is -0.385 e. The summed E-state index contributed by atoms with van der Waals surface area (Å²) in [5.74, 6) is 0.252. The Labute approximate surface area is 100 Å². The van der Waals surface area contributed by atoms with Gasteiger partial charge < -0.3 is 5.32 Å². The minimum atomic E-state index is 0.252. The highest BCUT2D eigenvalue weighted by atomic mass is 32.1. The lowest BCUT2D eigenvalue weighted by atomic mass is 10.2. The number of rotatable bonds is 4. The van der Waals surface area contributed by atoms with E-state index in [0.717, 1.165) is 18.5 Å². The molecule has 0 spiro atoms. The Kier molecular flexibility index (Phi) is 3.44. The number of nitrogens with one attached hydrogen (secondary N) is 1. The number of ketones is 1. The quantitative estimate of drug-likeness (QED) is 0.869. The smallest absolute Gasteiger partial charge is 0.157 e. The fraction of sp³-hybridized carbons (Fsp3) is 0.462. The lowest BCUT2D eigenvalue weighted by molar-refractivity contribution is -0.114. The second-order valence-corrected chi connectivity index (χ2v) is 5.77. The number of allylic oxidation sites excluding steroid dienone is 2. The predicted octanol–water partition coefficient (Wildman–Crippen LogP) is 2.82. The molecule has 86 valence electrons. The van der Waals surface area contributed by atoms with E-state index in [-0.39, 0.29) is 5.78 Å². The van der Waals surface area contributed by atoms with Gasteiger partial charge >= 0.3 is 0 Å². The van der Waals surface area contributed by atoms with Crippen LogP contribution >= 0.6 is 11.3 Å². The number of hydrogen-bond donors (Lipinski definition) is 1. The highest BCUT2D eigenvalue weighted by Gasteiger charge is 2.14. The second kappa shape index (κ2) is 4.83. The lowest BCUT2D eigenvalue weighted by Gasteiger charge is -2.14. The average Bonchev–Trinajstić information content (AvgIpc) is 2.76. The molecule has 16 heavy (non-hydrogen) atoms. The molecule has 2 rings (SSSR count). The second-order valence-electron chi connectivity index (χ2n) is 4.40. The first-order chi connectivity index (χ1) is 7.63. The maximum atomic E-state index is 11.1. The lowest BCUT2D eigenvalue weighted by Crippen LogP contribution is -2.26. The van der Waals surface area contributed by atoms with E-state index in [2.05, 4.69) is 31.3 Å². The molecule has 1 aromatic rings. The molecule has 1 aliphatic rings. The third-order valence-corrected chi connectivity index (χ3v) is 3.73. The maximum absolute atomic E-state index is 11.1. The van der Waals surface area contributed by atoms with Crippen molar-refractivity contribution >= 4 is 17.1 Å². The van der Waals surface area contributed by atoms with Gasteiger partial charge in [0.25, 0.3) is 0 Å². The van der Waals surface area contributed by atoms with Crippen molar-refractivity contribution in [3.63, 3.8) is 0 Å². The molecular weight excluding hydrogens is 218 g/mol. The normalized spacial score (nSPS) is 17.4. The van der Waals surface area contributed by atoms with Crippen molar-refractivity contribution in [2.24, 2.45) is 0 Å². The van der Waals surface area contributed by atoms with Crippen LogP contribution in [0, 0.1) is 6.92 Å². The zero-order valence-corrected chi connectivity index (χ0v) is 10.6. The van der Waals surface area contributed by atoms with E-state index < -0.39 is 0 Å². The van der Waals surface area contributed by atoms with Crippen molar-refractivity contribution in [3.8, 4) is 0 Å². The van der Waals surface area contributed by atoms with E-state index >= 15 is 0 Å². The van der Waals surface area contributed by atoms with Crippen molar-refractivity contribution in [3.05, 3.63) is 33.7 Å². The Morgan fingerprint density at radius 3 is 2.81 bits per heavy atom. The van der Waals surface area contributed by atoms with E-state index in [1.54, 1.807) is 6.08 Å². The number of carbonyl (C=O) groups excluding carboxylic acids is 1. The first-order valence-corrected chi connectivity index (χ1v) is 6.50. The summed E-state index contributed by atoms with van der Waals surface area (Å²) in [5, 5.41) is 3.41. The van der Waals surface area contributed by atoms with Crippen LogP contribution in [-0.2, 0) is 11.2 Å². The molecule has 0 fully saturated rings. The predicted molar refractivity (Wildman–Crippen MR) is 67.7 cm³/mol. The van der Waals surface area contributed by atoms with Gasteiger partial charge in [0.2, 0.25) is 0 Å². The maximum Gasteiger partial charge on any atom is 0.157 e. The summed E-state index contributed by atoms with van der Waals surface area (Å²) in [6, 6.07) is 4.74. The summed E-state index contributed by atoms with van der Waals surface area (Å²) >= 11 is 1.85. The van der Waals surface area contributed by atoms with Crippen molar-refractivity contribution in [2.75, 3.05) is 0 Å². The molecule has 0 aliphatic heterocycles. The highest BCUT2D eigenvalue weighted by Crippen LogP contribution is 2.18. The number of carbonyl (C=O) groups is 1. The van der Waals surface area contributed by atoms with Crippen molar-refractivity contribution in [1.29, 1.82) is 0 Å². The van der Waals surface area contributed by atoms with Crippen LogP contribution in [0.3, 0.4) is 0 Å². The van der Waals surface area contributed by atoms with Crippen LogP contribution in [0.4, 0.5) is 0 Å². The van der Waals surface area contributed by atoms with Gasteiger partial charge in [-0.05, 0) is 32.4 Å². The van der Waals surface area contributed by atoms with Crippen LogP contribution in [-0.4, -0.2) is 11.8 Å². The third kappa shape index (κ3) is 2.95. The van der Waals surface area contributed by atoms with Gasteiger partial charge in [-0.2, -0.15) is 0 Å². The average molecular weight is 235 g/mol. The van der Waals surface area contributed by atoms with Crippen LogP contribution in [0.1, 0.15) is 29.5 Å². The Morgan fingerprint density at radius 1 is 1.44 bits per heavy atom. The van der Waals surface area contributed by atoms with Crippen molar-refractivity contribution < 1.29 is 4.79 Å². The zero-order chi connectivity index (χ0) is 11.5. The van der Waals surface area contributed by atoms with Gasteiger partial charge in [-0.15, -0.1) is 11.3 Å². The van der Waals surface area contributed by atoms with E-state index in [4.69, 9.17) is 0 Å². The highest BCUT2D eigenvalue weighted by molar-refractivity contribution is 7.11. The number of aryl methyl sites for hydroxylation is 1. The summed E-state index contributed by atoms with van der Waals surface area (Å²) in [6.45, 7) is 4.29. The first kappa shape index (κ1) is 11.4. The molecule has 1 aromatic heterocycles. The van der Waals surface area contributed by atoms with Crippen molar-refractivity contribution in [1.82, 2.24) is 5.32 Å². The fourth-order valence-electron chi connectivity index (χ4n) is 1.97. The first-order valence-electron chi connectivity index (χ1n) is 5.69. The summed E-state index contributed by atoms with van der Waals surface area (Å²) < 4.78 is 0. The number of hydrogen-bond acceptors (Lipinski definition) is 3. The van der Waals surface area contributed by atoms with Crippen LogP contribution < -0.4 is 5.32 Å². The third-order valence-electron chi connectivity index (χ3n) is 2.71. The summed E-state index contributed by atoms with van der Waals surface area (Å²) in [4.78, 5) is 13.8. The molecule has 0 saturated heterocycles. The zero-order valence-electron chi connectivity index (χ0n) is 9.75. The molecule has 1 heterocycles. The van der Waals surface area contributed by atoms with E-state index in [1.165, 1.54) is 9.75 Å².